The van der Waals surface area contributed by atoms with E-state index in [0.717, 1.165) is 0 Å². The summed E-state index contributed by atoms with van der Waals surface area (Å²) in [4.78, 5) is 21.9. The highest BCUT2D eigenvalue weighted by atomic mass is 16.6. The molecule has 1 rings (SSSR count). The Kier molecular flexibility index (Phi) is 5.52. The van der Waals surface area contributed by atoms with Gasteiger partial charge in [0.15, 0.2) is 0 Å². The molecule has 21 heavy (non-hydrogen) atoms. The van der Waals surface area contributed by atoms with Gasteiger partial charge in [0.2, 0.25) is 5.75 Å². The number of methoxy groups -OCH3 is 1. The number of carbonyl (C=O) groups is 1. The van der Waals surface area contributed by atoms with Gasteiger partial charge in [-0.05, 0) is 26.8 Å². The topological polar surface area (TPSA) is 87.9 Å². The zero-order valence-corrected chi connectivity index (χ0v) is 12.5. The Labute approximate surface area is 123 Å². The first-order valence-corrected chi connectivity index (χ1v) is 6.40. The molecular weight excluding hydrogens is 278 g/mol. The number of nitro benzene ring substituents is 1. The van der Waals surface area contributed by atoms with Crippen molar-refractivity contribution in [3.05, 3.63) is 28.3 Å². The van der Waals surface area contributed by atoms with Gasteiger partial charge in [0.25, 0.3) is 0 Å². The summed E-state index contributed by atoms with van der Waals surface area (Å²) in [7, 11) is 1.45. The zero-order valence-electron chi connectivity index (χ0n) is 12.5. The maximum Gasteiger partial charge on any atom is 0.311 e. The van der Waals surface area contributed by atoms with E-state index in [9.17, 15) is 14.9 Å². The van der Waals surface area contributed by atoms with Gasteiger partial charge in [-0.3, -0.25) is 14.9 Å². The summed E-state index contributed by atoms with van der Waals surface area (Å²) in [6.07, 6.45) is 0.00559. The predicted molar refractivity (Wildman–Crippen MR) is 75.6 cm³/mol. The Morgan fingerprint density at radius 3 is 2.52 bits per heavy atom. The van der Waals surface area contributed by atoms with Gasteiger partial charge in [-0.15, -0.1) is 0 Å². The molecule has 0 N–H and O–H groups in total. The lowest BCUT2D eigenvalue weighted by molar-refractivity contribution is -0.385. The molecule has 0 aliphatic heterocycles. The number of hydrogen-bond donors (Lipinski definition) is 0. The molecule has 0 saturated carbocycles. The van der Waals surface area contributed by atoms with E-state index in [1.165, 1.54) is 25.3 Å². The SMILES string of the molecule is COc1ccc([N+](=O)[O-])c(OCCC(=O)OC(C)(C)C)c1. The lowest BCUT2D eigenvalue weighted by Crippen LogP contribution is -2.24. The van der Waals surface area contributed by atoms with Crippen molar-refractivity contribution >= 4 is 11.7 Å². The third kappa shape index (κ3) is 5.68. The van der Waals surface area contributed by atoms with Crippen LogP contribution in [0, 0.1) is 10.1 Å². The van der Waals surface area contributed by atoms with Crippen LogP contribution in [-0.2, 0) is 9.53 Å². The predicted octanol–water partition coefficient (Wildman–Crippen LogP) is 2.71. The van der Waals surface area contributed by atoms with Gasteiger partial charge in [0.05, 0.1) is 25.1 Å². The Balaban J connectivity index is 2.66. The van der Waals surface area contributed by atoms with Crippen molar-refractivity contribution in [2.24, 2.45) is 0 Å². The molecule has 1 aromatic carbocycles. The second-order valence-electron chi connectivity index (χ2n) is 5.28. The fourth-order valence-corrected chi connectivity index (χ4v) is 1.52. The molecule has 7 heteroatoms. The second-order valence-corrected chi connectivity index (χ2v) is 5.28. The van der Waals surface area contributed by atoms with E-state index in [1.807, 2.05) is 0 Å². The first kappa shape index (κ1) is 16.7. The first-order chi connectivity index (χ1) is 9.73. The largest absolute Gasteiger partial charge is 0.497 e. The average molecular weight is 297 g/mol. The highest BCUT2D eigenvalue weighted by Crippen LogP contribution is 2.31. The quantitative estimate of drug-likeness (QED) is 0.455. The summed E-state index contributed by atoms with van der Waals surface area (Å²) in [5.74, 6) is 0.0730. The summed E-state index contributed by atoms with van der Waals surface area (Å²) in [5.41, 5.74) is -0.751. The molecule has 0 fully saturated rings. The maximum atomic E-state index is 11.5. The second kappa shape index (κ2) is 6.92. The van der Waals surface area contributed by atoms with Crippen LogP contribution in [0.15, 0.2) is 18.2 Å². The van der Waals surface area contributed by atoms with Crippen LogP contribution < -0.4 is 9.47 Å². The molecule has 0 saturated heterocycles. The highest BCUT2D eigenvalue weighted by molar-refractivity contribution is 5.70. The number of rotatable bonds is 6. The van der Waals surface area contributed by atoms with Crippen LogP contribution in [0.1, 0.15) is 27.2 Å². The molecule has 0 bridgehead atoms. The molecule has 1 aromatic rings. The number of esters is 1. The van der Waals surface area contributed by atoms with Gasteiger partial charge in [-0.1, -0.05) is 0 Å². The van der Waals surface area contributed by atoms with Crippen LogP contribution in [0.3, 0.4) is 0 Å². The molecule has 0 atom stereocenters. The lowest BCUT2D eigenvalue weighted by Gasteiger charge is -2.19. The number of benzene rings is 1. The van der Waals surface area contributed by atoms with E-state index >= 15 is 0 Å². The van der Waals surface area contributed by atoms with Gasteiger partial charge in [0.1, 0.15) is 11.4 Å². The van der Waals surface area contributed by atoms with Gasteiger partial charge < -0.3 is 14.2 Å². The molecule has 0 spiro atoms. The van der Waals surface area contributed by atoms with Gasteiger partial charge >= 0.3 is 11.7 Å². The van der Waals surface area contributed by atoms with Crippen LogP contribution in [-0.4, -0.2) is 30.2 Å². The number of carbonyl (C=O) groups excluding carboxylic acids is 1. The number of hydrogen-bond acceptors (Lipinski definition) is 6. The van der Waals surface area contributed by atoms with Crippen molar-refractivity contribution in [1.82, 2.24) is 0 Å². The van der Waals surface area contributed by atoms with Gasteiger partial charge in [-0.2, -0.15) is 0 Å². The number of ether oxygens (including phenoxy) is 3. The summed E-state index contributed by atoms with van der Waals surface area (Å²) in [6, 6.07) is 4.17. The molecule has 0 aliphatic carbocycles. The maximum absolute atomic E-state index is 11.5. The smallest absolute Gasteiger partial charge is 0.311 e. The van der Waals surface area contributed by atoms with Crippen LogP contribution in [0.4, 0.5) is 5.69 Å². The van der Waals surface area contributed by atoms with Crippen molar-refractivity contribution in [3.8, 4) is 11.5 Å². The Hall–Kier alpha value is -2.31. The third-order valence-electron chi connectivity index (χ3n) is 2.35. The average Bonchev–Trinajstić information content (AvgIpc) is 2.36. The van der Waals surface area contributed by atoms with Gasteiger partial charge in [0, 0.05) is 12.1 Å². The van der Waals surface area contributed by atoms with E-state index in [4.69, 9.17) is 14.2 Å². The van der Waals surface area contributed by atoms with Gasteiger partial charge in [-0.25, -0.2) is 0 Å². The highest BCUT2D eigenvalue weighted by Gasteiger charge is 2.18. The van der Waals surface area contributed by atoms with E-state index in [2.05, 4.69) is 0 Å². The molecule has 0 heterocycles. The van der Waals surface area contributed by atoms with Crippen LogP contribution in [0.25, 0.3) is 0 Å². The van der Waals surface area contributed by atoms with Crippen LogP contribution >= 0.6 is 0 Å². The molecule has 0 unspecified atom stereocenters. The van der Waals surface area contributed by atoms with E-state index in [1.54, 1.807) is 20.8 Å². The summed E-state index contributed by atoms with van der Waals surface area (Å²) in [6.45, 7) is 5.28. The third-order valence-corrected chi connectivity index (χ3v) is 2.35. The molecule has 7 nitrogen and oxygen atoms in total. The lowest BCUT2D eigenvalue weighted by atomic mass is 10.2. The zero-order chi connectivity index (χ0) is 16.0. The molecular formula is C14H19NO6. The molecule has 0 aliphatic rings. The normalized spacial score (nSPS) is 10.9. The summed E-state index contributed by atoms with van der Waals surface area (Å²) in [5, 5.41) is 10.9. The Bertz CT molecular complexity index is 521. The standard InChI is InChI=1S/C14H19NO6/c1-14(2,3)21-13(16)7-8-20-12-9-10(19-4)5-6-11(12)15(17)18/h5-6,9H,7-8H2,1-4H3. The van der Waals surface area contributed by atoms with Crippen molar-refractivity contribution < 1.29 is 23.9 Å². The number of nitro groups is 1. The molecule has 116 valence electrons. The fraction of sp³-hybridized carbons (Fsp3) is 0.500. The minimum atomic E-state index is -0.570. The first-order valence-electron chi connectivity index (χ1n) is 6.40. The monoisotopic (exact) mass is 297 g/mol. The minimum Gasteiger partial charge on any atom is -0.497 e. The van der Waals surface area contributed by atoms with Crippen LogP contribution in [0.5, 0.6) is 11.5 Å². The van der Waals surface area contributed by atoms with Crippen molar-refractivity contribution in [2.45, 2.75) is 32.8 Å². The van der Waals surface area contributed by atoms with E-state index in [0.29, 0.717) is 5.75 Å². The Morgan fingerprint density at radius 1 is 1.33 bits per heavy atom. The Morgan fingerprint density at radius 2 is 2.00 bits per heavy atom. The molecule has 0 radical (unpaired) electrons. The minimum absolute atomic E-state index is 0.00559. The van der Waals surface area contributed by atoms with Crippen molar-refractivity contribution in [1.29, 1.82) is 0 Å². The van der Waals surface area contributed by atoms with E-state index in [-0.39, 0.29) is 24.5 Å². The summed E-state index contributed by atoms with van der Waals surface area (Å²) >= 11 is 0. The van der Waals surface area contributed by atoms with Crippen molar-refractivity contribution in [2.75, 3.05) is 13.7 Å². The number of nitrogens with zero attached hydrogens (tertiary/aromatic N) is 1. The molecule has 0 amide bonds. The molecule has 0 aromatic heterocycles. The summed E-state index contributed by atoms with van der Waals surface area (Å²) < 4.78 is 15.4. The fourth-order valence-electron chi connectivity index (χ4n) is 1.52. The van der Waals surface area contributed by atoms with Crippen LogP contribution in [0.2, 0.25) is 0 Å². The van der Waals surface area contributed by atoms with E-state index < -0.39 is 16.5 Å². The van der Waals surface area contributed by atoms with Crippen molar-refractivity contribution in [3.63, 3.8) is 0 Å².